The van der Waals surface area contributed by atoms with Crippen molar-refractivity contribution in [1.82, 2.24) is 20.0 Å². The quantitative estimate of drug-likeness (QED) is 0.345. The minimum atomic E-state index is -0.851. The van der Waals surface area contributed by atoms with Crippen molar-refractivity contribution in [2.45, 2.75) is 19.4 Å². The van der Waals surface area contributed by atoms with E-state index in [0.717, 1.165) is 0 Å². The summed E-state index contributed by atoms with van der Waals surface area (Å²) in [6.45, 7) is 8.16. The van der Waals surface area contributed by atoms with E-state index in [1.807, 2.05) is 0 Å². The molecule has 4 rings (SSSR count). The minimum absolute atomic E-state index is 0.149. The van der Waals surface area contributed by atoms with Gasteiger partial charge in [-0.3, -0.25) is 14.6 Å². The molecule has 2 aromatic carbocycles. The molecule has 0 saturated carbocycles. The van der Waals surface area contributed by atoms with Gasteiger partial charge in [-0.25, -0.2) is 14.0 Å². The zero-order valence-corrected chi connectivity index (χ0v) is 23.7. The number of esters is 1. The second-order valence-electron chi connectivity index (χ2n) is 9.46. The summed E-state index contributed by atoms with van der Waals surface area (Å²) < 4.78 is 18.8. The first-order chi connectivity index (χ1) is 19.2. The Labute approximate surface area is 243 Å². The second-order valence-corrected chi connectivity index (χ2v) is 10.3. The molecule has 212 valence electrons. The molecule has 0 radical (unpaired) electrons. The largest absolute Gasteiger partial charge is 0.463 e. The summed E-state index contributed by atoms with van der Waals surface area (Å²) in [7, 11) is 0. The van der Waals surface area contributed by atoms with Crippen molar-refractivity contribution in [3.63, 3.8) is 0 Å². The van der Waals surface area contributed by atoms with Crippen LogP contribution in [0, 0.1) is 5.82 Å². The summed E-state index contributed by atoms with van der Waals surface area (Å²) in [5, 5.41) is 3.63. The zero-order chi connectivity index (χ0) is 28.8. The van der Waals surface area contributed by atoms with Crippen LogP contribution in [0.25, 0.3) is 0 Å². The van der Waals surface area contributed by atoms with Crippen LogP contribution in [-0.2, 0) is 9.53 Å². The molecule has 0 spiro atoms. The minimum Gasteiger partial charge on any atom is -0.463 e. The predicted octanol–water partition coefficient (Wildman–Crippen LogP) is 5.05. The maximum absolute atomic E-state index is 13.4. The molecule has 1 N–H and O–H groups in total. The molecule has 2 aliphatic rings. The van der Waals surface area contributed by atoms with Crippen LogP contribution in [0.1, 0.15) is 35.3 Å². The number of nitrogens with one attached hydrogen (secondary N) is 1. The lowest BCUT2D eigenvalue weighted by Gasteiger charge is -2.38. The molecule has 0 bridgehead atoms. The summed E-state index contributed by atoms with van der Waals surface area (Å²) in [4.78, 5) is 45.1. The van der Waals surface area contributed by atoms with E-state index < -0.39 is 23.9 Å². The number of carbonyl (C=O) groups excluding carboxylic acids is 3. The normalized spacial score (nSPS) is 18.3. The van der Waals surface area contributed by atoms with Gasteiger partial charge in [-0.05, 0) is 55.3 Å². The standard InChI is InChI=1S/C29H31Cl2FN4O4/c1-3-12-36-24(18-34-13-5-14-35(16-15-34)27(37)19-6-9-21(32)10-7-19)25(28(38)40-4-2)26(33-29(36)39)22-11-8-20(30)17-23(22)31/h3,6-11,17,26H,1,4-5,12-16,18H2,2H3,(H,33,39). The maximum Gasteiger partial charge on any atom is 0.338 e. The Kier molecular flexibility index (Phi) is 9.84. The Morgan fingerprint density at radius 1 is 1.12 bits per heavy atom. The van der Waals surface area contributed by atoms with E-state index in [9.17, 15) is 18.8 Å². The van der Waals surface area contributed by atoms with Crippen molar-refractivity contribution in [2.24, 2.45) is 0 Å². The van der Waals surface area contributed by atoms with Crippen LogP contribution in [0.5, 0.6) is 0 Å². The van der Waals surface area contributed by atoms with Crippen molar-refractivity contribution < 1.29 is 23.5 Å². The monoisotopic (exact) mass is 588 g/mol. The van der Waals surface area contributed by atoms with Gasteiger partial charge in [-0.15, -0.1) is 6.58 Å². The molecule has 40 heavy (non-hydrogen) atoms. The van der Waals surface area contributed by atoms with Gasteiger partial charge in [0.25, 0.3) is 5.91 Å². The second kappa shape index (κ2) is 13.3. The SMILES string of the molecule is C=CCN1C(=O)NC(c2ccc(Cl)cc2Cl)C(C(=O)OCC)=C1CN1CCCN(C(=O)c2ccc(F)cc2)CC1. The number of hydrogen-bond acceptors (Lipinski definition) is 5. The van der Waals surface area contributed by atoms with Crippen LogP contribution in [0.4, 0.5) is 9.18 Å². The summed E-state index contributed by atoms with van der Waals surface area (Å²) >= 11 is 12.6. The van der Waals surface area contributed by atoms with Crippen LogP contribution < -0.4 is 5.32 Å². The molecule has 3 amide bonds. The van der Waals surface area contributed by atoms with E-state index >= 15 is 0 Å². The first kappa shape index (κ1) is 29.6. The number of benzene rings is 2. The van der Waals surface area contributed by atoms with Crippen LogP contribution >= 0.6 is 23.2 Å². The van der Waals surface area contributed by atoms with Gasteiger partial charge in [0, 0.05) is 60.6 Å². The van der Waals surface area contributed by atoms with Crippen molar-refractivity contribution >= 4 is 41.1 Å². The van der Waals surface area contributed by atoms with Gasteiger partial charge in [-0.2, -0.15) is 0 Å². The molecule has 1 saturated heterocycles. The fourth-order valence-corrected chi connectivity index (χ4v) is 5.45. The number of ether oxygens (including phenoxy) is 1. The van der Waals surface area contributed by atoms with Crippen LogP contribution in [0.2, 0.25) is 10.0 Å². The molecule has 11 heteroatoms. The van der Waals surface area contributed by atoms with Gasteiger partial charge < -0.3 is 15.0 Å². The van der Waals surface area contributed by atoms with Gasteiger partial charge in [-0.1, -0.05) is 35.3 Å². The molecule has 2 heterocycles. The van der Waals surface area contributed by atoms with Crippen LogP contribution in [0.15, 0.2) is 66.4 Å². The molecular weight excluding hydrogens is 558 g/mol. The molecule has 2 aromatic rings. The molecule has 0 aromatic heterocycles. The van der Waals surface area contributed by atoms with E-state index in [4.69, 9.17) is 27.9 Å². The maximum atomic E-state index is 13.4. The number of halogens is 3. The molecule has 1 atom stereocenters. The zero-order valence-electron chi connectivity index (χ0n) is 22.2. The number of carbonyl (C=O) groups is 3. The lowest BCUT2D eigenvalue weighted by molar-refractivity contribution is -0.139. The van der Waals surface area contributed by atoms with Gasteiger partial charge in [0.2, 0.25) is 0 Å². The lowest BCUT2D eigenvalue weighted by Crippen LogP contribution is -2.51. The summed E-state index contributed by atoms with van der Waals surface area (Å²) in [5.41, 5.74) is 1.70. The van der Waals surface area contributed by atoms with Crippen molar-refractivity contribution in [3.8, 4) is 0 Å². The highest BCUT2D eigenvalue weighted by Gasteiger charge is 2.39. The first-order valence-corrected chi connectivity index (χ1v) is 13.8. The Bertz CT molecular complexity index is 1320. The van der Waals surface area contributed by atoms with E-state index in [1.54, 1.807) is 36.1 Å². The Morgan fingerprint density at radius 2 is 1.88 bits per heavy atom. The number of hydrogen-bond donors (Lipinski definition) is 1. The fraction of sp³-hybridized carbons (Fsp3) is 0.345. The summed E-state index contributed by atoms with van der Waals surface area (Å²) in [6, 6.07) is 9.14. The van der Waals surface area contributed by atoms with Crippen LogP contribution in [0.3, 0.4) is 0 Å². The third-order valence-corrected chi connectivity index (χ3v) is 7.42. The fourth-order valence-electron chi connectivity index (χ4n) is 4.93. The first-order valence-electron chi connectivity index (χ1n) is 13.0. The number of rotatable bonds is 8. The lowest BCUT2D eigenvalue weighted by atomic mass is 9.94. The average molecular weight is 589 g/mol. The molecule has 1 fully saturated rings. The molecule has 2 aliphatic heterocycles. The number of nitrogens with zero attached hydrogens (tertiary/aromatic N) is 3. The third-order valence-electron chi connectivity index (χ3n) is 6.86. The van der Waals surface area contributed by atoms with Crippen molar-refractivity contribution in [1.29, 1.82) is 0 Å². The highest BCUT2D eigenvalue weighted by molar-refractivity contribution is 6.35. The van der Waals surface area contributed by atoms with E-state index in [2.05, 4.69) is 16.8 Å². The van der Waals surface area contributed by atoms with E-state index in [-0.39, 0.29) is 31.2 Å². The summed E-state index contributed by atoms with van der Waals surface area (Å²) in [6.07, 6.45) is 2.26. The predicted molar refractivity (Wildman–Crippen MR) is 152 cm³/mol. The molecule has 1 unspecified atom stereocenters. The summed E-state index contributed by atoms with van der Waals surface area (Å²) in [5.74, 6) is -1.13. The Morgan fingerprint density at radius 3 is 2.55 bits per heavy atom. The van der Waals surface area contributed by atoms with Gasteiger partial charge >= 0.3 is 12.0 Å². The van der Waals surface area contributed by atoms with Crippen molar-refractivity contribution in [2.75, 3.05) is 45.9 Å². The van der Waals surface area contributed by atoms with E-state index in [0.29, 0.717) is 59.5 Å². The van der Waals surface area contributed by atoms with Crippen molar-refractivity contribution in [3.05, 3.63) is 93.4 Å². The Hall–Kier alpha value is -3.40. The highest BCUT2D eigenvalue weighted by atomic mass is 35.5. The van der Waals surface area contributed by atoms with E-state index in [1.165, 1.54) is 29.2 Å². The number of urea groups is 1. The molecular formula is C29H31Cl2FN4O4. The van der Waals surface area contributed by atoms with Gasteiger partial charge in [0.1, 0.15) is 5.82 Å². The topological polar surface area (TPSA) is 82.2 Å². The highest BCUT2D eigenvalue weighted by Crippen LogP contribution is 2.36. The Balaban J connectivity index is 1.66. The number of amides is 3. The van der Waals surface area contributed by atoms with Gasteiger partial charge in [0.15, 0.2) is 0 Å². The van der Waals surface area contributed by atoms with Crippen LogP contribution in [-0.4, -0.2) is 78.5 Å². The third kappa shape index (κ3) is 6.66. The average Bonchev–Trinajstić information content (AvgIpc) is 3.16. The smallest absolute Gasteiger partial charge is 0.338 e. The van der Waals surface area contributed by atoms with Gasteiger partial charge in [0.05, 0.1) is 18.2 Å². The molecule has 8 nitrogen and oxygen atoms in total. The molecule has 0 aliphatic carbocycles.